The SMILES string of the molecule is C/C=C(Cl)\C(C[C@H](OC(=O)COC(=O)c1ccc(OC)c(NCCN2CCOCC2)c1)c1ccc(OC(F)F)c(OCC2CC2)c1)=C(\Cl)C=O. The Balaban J connectivity index is 1.48. The third kappa shape index (κ3) is 11.9. The number of rotatable bonds is 19. The molecule has 1 heterocycles. The Morgan fingerprint density at radius 3 is 2.48 bits per heavy atom. The maximum absolute atomic E-state index is 13.1. The molecule has 50 heavy (non-hydrogen) atoms. The highest BCUT2D eigenvalue weighted by atomic mass is 35.5. The van der Waals surface area contributed by atoms with Crippen molar-refractivity contribution in [2.75, 3.05) is 65.0 Å². The van der Waals surface area contributed by atoms with Gasteiger partial charge in [0.15, 0.2) is 24.4 Å². The van der Waals surface area contributed by atoms with Crippen molar-refractivity contribution in [3.05, 3.63) is 69.2 Å². The largest absolute Gasteiger partial charge is 0.495 e. The van der Waals surface area contributed by atoms with Gasteiger partial charge in [-0.1, -0.05) is 35.3 Å². The molecule has 0 spiro atoms. The number of carbonyl (C=O) groups is 3. The van der Waals surface area contributed by atoms with Crippen molar-refractivity contribution in [1.82, 2.24) is 4.90 Å². The molecule has 1 atom stereocenters. The van der Waals surface area contributed by atoms with Crippen LogP contribution in [0.3, 0.4) is 0 Å². The summed E-state index contributed by atoms with van der Waals surface area (Å²) in [6, 6.07) is 8.77. The van der Waals surface area contributed by atoms with Crippen molar-refractivity contribution >= 4 is 47.1 Å². The van der Waals surface area contributed by atoms with Crippen LogP contribution in [-0.2, 0) is 23.8 Å². The van der Waals surface area contributed by atoms with E-state index in [1.54, 1.807) is 19.1 Å². The van der Waals surface area contributed by atoms with Gasteiger partial charge in [0.2, 0.25) is 0 Å². The van der Waals surface area contributed by atoms with Gasteiger partial charge < -0.3 is 33.7 Å². The summed E-state index contributed by atoms with van der Waals surface area (Å²) in [6.07, 6.45) is 2.46. The van der Waals surface area contributed by atoms with Gasteiger partial charge >= 0.3 is 18.6 Å². The molecule has 11 nitrogen and oxygen atoms in total. The standard InChI is InChI=1S/C35H40Cl2F2N2O9/c1-3-26(36)25(27(37)19-42)18-31(23-6-9-30(50-35(38)39)32(17-23)47-20-22-4-5-22)49-33(43)21-48-34(44)24-7-8-29(45-2)28(16-24)40-10-11-41-12-14-46-15-13-41/h3,6-9,16-17,19,22,31,35,40H,4-5,10-15,18,20-21H2,1-2H3/b26-3+,27-25+/t31-/m0/s1. The third-order valence-corrected chi connectivity index (χ3v) is 8.69. The third-order valence-electron chi connectivity index (χ3n) is 7.93. The second-order valence-corrected chi connectivity index (χ2v) is 12.3. The number of allylic oxidation sites excluding steroid dienone is 3. The second kappa shape index (κ2) is 19.5. The zero-order valence-corrected chi connectivity index (χ0v) is 29.3. The molecule has 0 radical (unpaired) electrons. The van der Waals surface area contributed by atoms with E-state index < -0.39 is 31.3 Å². The fourth-order valence-electron chi connectivity index (χ4n) is 5.04. The van der Waals surface area contributed by atoms with Gasteiger partial charge in [0.25, 0.3) is 0 Å². The predicted molar refractivity (Wildman–Crippen MR) is 182 cm³/mol. The summed E-state index contributed by atoms with van der Waals surface area (Å²) < 4.78 is 58.6. The summed E-state index contributed by atoms with van der Waals surface area (Å²) in [5.74, 6) is -1.10. The summed E-state index contributed by atoms with van der Waals surface area (Å²) in [5.41, 5.74) is 1.21. The first kappa shape index (κ1) is 38.9. The number of esters is 2. The lowest BCUT2D eigenvalue weighted by Gasteiger charge is -2.26. The lowest BCUT2D eigenvalue weighted by molar-refractivity contribution is -0.153. The number of halogens is 4. The van der Waals surface area contributed by atoms with E-state index in [1.807, 2.05) is 0 Å². The Morgan fingerprint density at radius 2 is 1.82 bits per heavy atom. The molecule has 272 valence electrons. The van der Waals surface area contributed by atoms with Gasteiger partial charge in [-0.05, 0) is 67.2 Å². The summed E-state index contributed by atoms with van der Waals surface area (Å²) in [5, 5.41) is 3.18. The van der Waals surface area contributed by atoms with Crippen molar-refractivity contribution in [3.8, 4) is 17.2 Å². The number of anilines is 1. The Bertz CT molecular complexity index is 1550. The van der Waals surface area contributed by atoms with Crippen LogP contribution in [0.1, 0.15) is 48.2 Å². The number of nitrogens with one attached hydrogen (secondary N) is 1. The van der Waals surface area contributed by atoms with Crippen molar-refractivity contribution < 1.29 is 51.6 Å². The van der Waals surface area contributed by atoms with Crippen molar-refractivity contribution in [3.63, 3.8) is 0 Å². The van der Waals surface area contributed by atoms with Gasteiger partial charge in [-0.3, -0.25) is 9.69 Å². The Hall–Kier alpha value is -3.91. The molecule has 4 rings (SSSR count). The number of aldehydes is 1. The van der Waals surface area contributed by atoms with E-state index in [2.05, 4.69) is 15.0 Å². The molecule has 2 aromatic carbocycles. The predicted octanol–water partition coefficient (Wildman–Crippen LogP) is 6.50. The van der Waals surface area contributed by atoms with Gasteiger partial charge in [-0.25, -0.2) is 9.59 Å². The van der Waals surface area contributed by atoms with Crippen LogP contribution in [0.4, 0.5) is 14.5 Å². The van der Waals surface area contributed by atoms with Gasteiger partial charge in [0.05, 0.1) is 43.2 Å². The molecule has 0 aromatic heterocycles. The lowest BCUT2D eigenvalue weighted by atomic mass is 9.99. The molecule has 1 aliphatic carbocycles. The Kier molecular flexibility index (Phi) is 15.1. The molecular weight excluding hydrogens is 701 g/mol. The molecule has 1 saturated carbocycles. The fraction of sp³-hybridized carbons (Fsp3) is 0.457. The molecule has 15 heteroatoms. The highest BCUT2D eigenvalue weighted by molar-refractivity contribution is 6.41. The summed E-state index contributed by atoms with van der Waals surface area (Å²) >= 11 is 12.5. The number of benzene rings is 2. The highest BCUT2D eigenvalue weighted by Gasteiger charge is 2.27. The van der Waals surface area contributed by atoms with E-state index in [4.69, 9.17) is 46.9 Å². The number of hydrogen-bond acceptors (Lipinski definition) is 11. The van der Waals surface area contributed by atoms with Crippen LogP contribution in [0.25, 0.3) is 0 Å². The summed E-state index contributed by atoms with van der Waals surface area (Å²) in [6.45, 7) is 2.42. The monoisotopic (exact) mass is 740 g/mol. The van der Waals surface area contributed by atoms with Gasteiger partial charge in [0, 0.05) is 37.6 Å². The molecular formula is C35H40Cl2F2N2O9. The maximum atomic E-state index is 13.1. The smallest absolute Gasteiger partial charge is 0.387 e. The van der Waals surface area contributed by atoms with Crippen molar-refractivity contribution in [2.45, 2.75) is 38.9 Å². The number of nitrogens with zero attached hydrogens (tertiary/aromatic N) is 1. The number of carbonyl (C=O) groups excluding carboxylic acids is 3. The summed E-state index contributed by atoms with van der Waals surface area (Å²) in [4.78, 5) is 40.0. The number of alkyl halides is 2. The Morgan fingerprint density at radius 1 is 1.08 bits per heavy atom. The fourth-order valence-corrected chi connectivity index (χ4v) is 5.44. The average molecular weight is 742 g/mol. The number of methoxy groups -OCH3 is 1. The van der Waals surface area contributed by atoms with Crippen molar-refractivity contribution in [2.24, 2.45) is 5.92 Å². The molecule has 2 aromatic rings. The van der Waals surface area contributed by atoms with E-state index in [0.29, 0.717) is 49.0 Å². The molecule has 2 fully saturated rings. The molecule has 1 N–H and O–H groups in total. The van der Waals surface area contributed by atoms with Crippen LogP contribution >= 0.6 is 23.2 Å². The second-order valence-electron chi connectivity index (χ2n) is 11.5. The van der Waals surface area contributed by atoms with E-state index in [9.17, 15) is 23.2 Å². The van der Waals surface area contributed by atoms with Crippen molar-refractivity contribution in [1.29, 1.82) is 0 Å². The van der Waals surface area contributed by atoms with E-state index in [1.165, 1.54) is 37.5 Å². The van der Waals surface area contributed by atoms with Crippen LogP contribution in [0.5, 0.6) is 17.2 Å². The quantitative estimate of drug-likeness (QED) is 0.0736. The number of ether oxygens (including phenoxy) is 6. The minimum Gasteiger partial charge on any atom is -0.495 e. The first-order chi connectivity index (χ1) is 24.1. The minimum absolute atomic E-state index is 0.0141. The van der Waals surface area contributed by atoms with Gasteiger partial charge in [-0.2, -0.15) is 8.78 Å². The first-order valence-corrected chi connectivity index (χ1v) is 16.8. The molecule has 1 saturated heterocycles. The molecule has 1 aliphatic heterocycles. The van der Waals surface area contributed by atoms with E-state index >= 15 is 0 Å². The molecule has 0 bridgehead atoms. The normalized spacial score (nSPS) is 16.3. The summed E-state index contributed by atoms with van der Waals surface area (Å²) in [7, 11) is 1.51. The number of morpholine rings is 1. The molecule has 0 unspecified atom stereocenters. The van der Waals surface area contributed by atoms with E-state index in [0.717, 1.165) is 32.5 Å². The van der Waals surface area contributed by atoms with Crippen LogP contribution in [0.2, 0.25) is 0 Å². The molecule has 2 aliphatic rings. The van der Waals surface area contributed by atoms with Crippen LogP contribution in [-0.4, -0.2) is 89.5 Å². The average Bonchev–Trinajstić information content (AvgIpc) is 3.96. The van der Waals surface area contributed by atoms with Crippen LogP contribution in [0.15, 0.2) is 58.1 Å². The first-order valence-electron chi connectivity index (χ1n) is 16.1. The lowest BCUT2D eigenvalue weighted by Crippen LogP contribution is -2.39. The maximum Gasteiger partial charge on any atom is 0.387 e. The van der Waals surface area contributed by atoms with E-state index in [-0.39, 0.29) is 45.7 Å². The minimum atomic E-state index is -3.10. The zero-order valence-electron chi connectivity index (χ0n) is 27.8. The van der Waals surface area contributed by atoms with Crippen LogP contribution < -0.4 is 19.5 Å². The number of hydrogen-bond donors (Lipinski definition) is 1. The topological polar surface area (TPSA) is 122 Å². The highest BCUT2D eigenvalue weighted by Crippen LogP contribution is 2.39. The molecule has 0 amide bonds. The van der Waals surface area contributed by atoms with Gasteiger partial charge in [0.1, 0.15) is 11.9 Å². The van der Waals surface area contributed by atoms with Gasteiger partial charge in [-0.15, -0.1) is 0 Å². The zero-order chi connectivity index (χ0) is 36.0. The Labute approximate surface area is 299 Å². The van der Waals surface area contributed by atoms with Crippen LogP contribution in [0, 0.1) is 5.92 Å².